The Bertz CT molecular complexity index is 1290. The fraction of sp³-hybridized carbons (Fsp3) is 0.0909. The van der Waals surface area contributed by atoms with Crippen LogP contribution < -0.4 is 24.8 Å². The maximum atomic E-state index is 12.6. The van der Waals surface area contributed by atoms with Gasteiger partial charge in [-0.3, -0.25) is 14.8 Å². The Morgan fingerprint density at radius 3 is 2.29 bits per heavy atom. The van der Waals surface area contributed by atoms with Gasteiger partial charge in [-0.15, -0.1) is 0 Å². The SMILES string of the molecule is COc1ccc(NS(=O)(=O)c2ccc(NC(=S)NC(=O)COc3ccc(Br)cc3Cl)cc2)cc1. The lowest BCUT2D eigenvalue weighted by molar-refractivity contribution is -0.121. The third-order valence-corrected chi connectivity index (χ3v) is 6.66. The maximum absolute atomic E-state index is 12.6. The second kappa shape index (κ2) is 11.5. The van der Waals surface area contributed by atoms with Crippen LogP contribution in [-0.4, -0.2) is 33.2 Å². The monoisotopic (exact) mass is 583 g/mol. The molecule has 12 heteroatoms. The molecule has 0 bridgehead atoms. The number of hydrogen-bond donors (Lipinski definition) is 3. The van der Waals surface area contributed by atoms with Gasteiger partial charge in [-0.05, 0) is 78.9 Å². The molecule has 3 rings (SSSR count). The number of methoxy groups -OCH3 is 1. The maximum Gasteiger partial charge on any atom is 0.264 e. The van der Waals surface area contributed by atoms with E-state index in [1.807, 2.05) is 0 Å². The number of sulfonamides is 1. The molecule has 0 aliphatic heterocycles. The highest BCUT2D eigenvalue weighted by Gasteiger charge is 2.15. The minimum atomic E-state index is -3.79. The zero-order valence-electron chi connectivity index (χ0n) is 17.7. The summed E-state index contributed by atoms with van der Waals surface area (Å²) in [6, 6.07) is 17.4. The van der Waals surface area contributed by atoms with E-state index in [2.05, 4.69) is 31.3 Å². The minimum absolute atomic E-state index is 0.0301. The Kier molecular flexibility index (Phi) is 8.72. The molecule has 3 aromatic rings. The van der Waals surface area contributed by atoms with Crippen LogP contribution in [0.1, 0.15) is 0 Å². The van der Waals surface area contributed by atoms with E-state index >= 15 is 0 Å². The number of carbonyl (C=O) groups is 1. The molecule has 0 spiro atoms. The second-order valence-electron chi connectivity index (χ2n) is 6.72. The zero-order valence-corrected chi connectivity index (χ0v) is 21.6. The van der Waals surface area contributed by atoms with Crippen molar-refractivity contribution < 1.29 is 22.7 Å². The van der Waals surface area contributed by atoms with E-state index in [-0.39, 0.29) is 16.6 Å². The normalized spacial score (nSPS) is 10.8. The van der Waals surface area contributed by atoms with Crippen LogP contribution in [0.2, 0.25) is 5.02 Å². The summed E-state index contributed by atoms with van der Waals surface area (Å²) in [6.45, 7) is -0.294. The van der Waals surface area contributed by atoms with Gasteiger partial charge < -0.3 is 14.8 Å². The van der Waals surface area contributed by atoms with Crippen LogP contribution in [0.25, 0.3) is 0 Å². The number of amides is 1. The lowest BCUT2D eigenvalue weighted by Gasteiger charge is -2.12. The first-order chi connectivity index (χ1) is 16.2. The Hall–Kier alpha value is -2.86. The van der Waals surface area contributed by atoms with Gasteiger partial charge in [-0.1, -0.05) is 27.5 Å². The number of hydrogen-bond acceptors (Lipinski definition) is 6. The lowest BCUT2D eigenvalue weighted by Crippen LogP contribution is -2.37. The van der Waals surface area contributed by atoms with Gasteiger partial charge in [0.05, 0.1) is 17.0 Å². The first kappa shape index (κ1) is 25.8. The molecule has 0 unspecified atom stereocenters. The highest BCUT2D eigenvalue weighted by atomic mass is 79.9. The summed E-state index contributed by atoms with van der Waals surface area (Å²) in [5.41, 5.74) is 0.893. The summed E-state index contributed by atoms with van der Waals surface area (Å²) in [6.07, 6.45) is 0. The van der Waals surface area contributed by atoms with Crippen LogP contribution >= 0.6 is 39.7 Å². The van der Waals surface area contributed by atoms with Crippen molar-refractivity contribution in [2.24, 2.45) is 0 Å². The Labute approximate surface area is 215 Å². The molecule has 0 saturated carbocycles. The molecule has 34 heavy (non-hydrogen) atoms. The molecule has 0 saturated heterocycles. The molecule has 0 aliphatic rings. The van der Waals surface area contributed by atoms with Crippen molar-refractivity contribution in [3.8, 4) is 11.5 Å². The number of rotatable bonds is 8. The number of halogens is 2. The van der Waals surface area contributed by atoms with Crippen LogP contribution in [0.4, 0.5) is 11.4 Å². The Morgan fingerprint density at radius 1 is 1.03 bits per heavy atom. The van der Waals surface area contributed by atoms with Gasteiger partial charge >= 0.3 is 0 Å². The zero-order chi connectivity index (χ0) is 24.7. The standard InChI is InChI=1S/C22H19BrClN3O5S2/c1-31-17-7-3-16(4-8-17)27-34(29,30)18-9-5-15(6-10-18)25-22(33)26-21(28)13-32-20-11-2-14(23)12-19(20)24/h2-12,27H,13H2,1H3,(H2,25,26,28,33). The topological polar surface area (TPSA) is 106 Å². The van der Waals surface area contributed by atoms with Crippen molar-refractivity contribution in [3.63, 3.8) is 0 Å². The van der Waals surface area contributed by atoms with Gasteiger partial charge in [0, 0.05) is 15.8 Å². The molecule has 0 heterocycles. The smallest absolute Gasteiger partial charge is 0.264 e. The van der Waals surface area contributed by atoms with Crippen LogP contribution in [-0.2, 0) is 14.8 Å². The molecule has 8 nitrogen and oxygen atoms in total. The van der Waals surface area contributed by atoms with Crippen molar-refractivity contribution in [3.05, 3.63) is 76.2 Å². The van der Waals surface area contributed by atoms with E-state index in [4.69, 9.17) is 33.3 Å². The Morgan fingerprint density at radius 2 is 1.68 bits per heavy atom. The van der Waals surface area contributed by atoms with E-state index in [1.54, 1.807) is 42.5 Å². The Balaban J connectivity index is 1.52. The molecule has 0 radical (unpaired) electrons. The van der Waals surface area contributed by atoms with E-state index in [0.717, 1.165) is 4.47 Å². The first-order valence-electron chi connectivity index (χ1n) is 9.62. The number of anilines is 2. The first-order valence-corrected chi connectivity index (χ1v) is 12.7. The number of benzene rings is 3. The summed E-state index contributed by atoms with van der Waals surface area (Å²) >= 11 is 14.5. The van der Waals surface area contributed by atoms with Crippen LogP contribution in [0, 0.1) is 0 Å². The fourth-order valence-corrected chi connectivity index (χ4v) is 4.67. The predicted octanol–water partition coefficient (Wildman–Crippen LogP) is 4.80. The third kappa shape index (κ3) is 7.32. The summed E-state index contributed by atoms with van der Waals surface area (Å²) in [4.78, 5) is 12.1. The summed E-state index contributed by atoms with van der Waals surface area (Å²) in [5, 5.41) is 5.68. The molecular formula is C22H19BrClN3O5S2. The van der Waals surface area contributed by atoms with E-state index in [1.165, 1.54) is 31.4 Å². The van der Waals surface area contributed by atoms with Crippen molar-refractivity contribution in [1.82, 2.24) is 5.32 Å². The molecule has 0 atom stereocenters. The van der Waals surface area contributed by atoms with Crippen molar-refractivity contribution in [2.45, 2.75) is 4.90 Å². The quantitative estimate of drug-likeness (QED) is 0.327. The molecule has 0 aliphatic carbocycles. The number of ether oxygens (including phenoxy) is 2. The number of nitrogens with one attached hydrogen (secondary N) is 3. The highest BCUT2D eigenvalue weighted by Crippen LogP contribution is 2.27. The van der Waals surface area contributed by atoms with Crippen molar-refractivity contribution in [2.75, 3.05) is 23.8 Å². The molecule has 0 fully saturated rings. The third-order valence-electron chi connectivity index (χ3n) is 4.27. The molecule has 1 amide bonds. The summed E-state index contributed by atoms with van der Waals surface area (Å²) in [7, 11) is -2.26. The predicted molar refractivity (Wildman–Crippen MR) is 139 cm³/mol. The van der Waals surface area contributed by atoms with Gasteiger partial charge in [0.15, 0.2) is 11.7 Å². The largest absolute Gasteiger partial charge is 0.497 e. The molecule has 3 aromatic carbocycles. The summed E-state index contributed by atoms with van der Waals surface area (Å²) < 4.78 is 38.9. The number of carbonyl (C=O) groups excluding carboxylic acids is 1. The average Bonchev–Trinajstić information content (AvgIpc) is 2.79. The lowest BCUT2D eigenvalue weighted by atomic mass is 10.3. The average molecular weight is 585 g/mol. The summed E-state index contributed by atoms with van der Waals surface area (Å²) in [5.74, 6) is 0.489. The molecular weight excluding hydrogens is 566 g/mol. The number of thiocarbonyl (C=S) groups is 1. The van der Waals surface area contributed by atoms with Crippen molar-refractivity contribution >= 4 is 72.2 Å². The van der Waals surface area contributed by atoms with Gasteiger partial charge in [-0.25, -0.2) is 8.42 Å². The second-order valence-corrected chi connectivity index (χ2v) is 10.1. The van der Waals surface area contributed by atoms with Crippen LogP contribution in [0.3, 0.4) is 0 Å². The van der Waals surface area contributed by atoms with Crippen LogP contribution in [0.5, 0.6) is 11.5 Å². The molecule has 178 valence electrons. The van der Waals surface area contributed by atoms with E-state index in [9.17, 15) is 13.2 Å². The highest BCUT2D eigenvalue weighted by molar-refractivity contribution is 9.10. The molecule has 3 N–H and O–H groups in total. The van der Waals surface area contributed by atoms with E-state index in [0.29, 0.717) is 27.9 Å². The minimum Gasteiger partial charge on any atom is -0.497 e. The van der Waals surface area contributed by atoms with Gasteiger partial charge in [0.1, 0.15) is 11.5 Å². The molecule has 0 aromatic heterocycles. The van der Waals surface area contributed by atoms with Crippen LogP contribution in [0.15, 0.2) is 76.1 Å². The van der Waals surface area contributed by atoms with E-state index < -0.39 is 15.9 Å². The van der Waals surface area contributed by atoms with Gasteiger partial charge in [0.25, 0.3) is 15.9 Å². The fourth-order valence-electron chi connectivity index (χ4n) is 2.65. The van der Waals surface area contributed by atoms with Gasteiger partial charge in [0.2, 0.25) is 0 Å². The van der Waals surface area contributed by atoms with Gasteiger partial charge in [-0.2, -0.15) is 0 Å². The van der Waals surface area contributed by atoms with Crippen molar-refractivity contribution in [1.29, 1.82) is 0 Å².